The van der Waals surface area contributed by atoms with Crippen LogP contribution >= 0.6 is 0 Å². The lowest BCUT2D eigenvalue weighted by Gasteiger charge is -2.14. The van der Waals surface area contributed by atoms with Crippen LogP contribution in [0.2, 0.25) is 0 Å². The lowest BCUT2D eigenvalue weighted by atomic mass is 10.2. The van der Waals surface area contributed by atoms with Crippen LogP contribution in [0, 0.1) is 6.92 Å². The number of methoxy groups -OCH3 is 1. The maximum Gasteiger partial charge on any atom is 0.239 e. The number of rotatable bonds is 5. The number of carbonyl (C=O) groups excluding carboxylic acids is 1. The second-order valence-electron chi connectivity index (χ2n) is 5.08. The van der Waals surface area contributed by atoms with Gasteiger partial charge in [-0.15, -0.1) is 0 Å². The molecule has 0 aliphatic heterocycles. The summed E-state index contributed by atoms with van der Waals surface area (Å²) in [6.07, 6.45) is 4.70. The summed E-state index contributed by atoms with van der Waals surface area (Å²) in [6.45, 7) is 2.32. The average molecular weight is 262 g/mol. The number of hydrogen-bond acceptors (Lipinski definition) is 3. The highest BCUT2D eigenvalue weighted by Gasteiger charge is 2.16. The van der Waals surface area contributed by atoms with Gasteiger partial charge in [-0.3, -0.25) is 4.79 Å². The van der Waals surface area contributed by atoms with Crippen molar-refractivity contribution in [2.45, 2.75) is 38.6 Å². The summed E-state index contributed by atoms with van der Waals surface area (Å²) in [7, 11) is 1.65. The van der Waals surface area contributed by atoms with E-state index in [4.69, 9.17) is 4.74 Å². The molecule has 1 fully saturated rings. The van der Waals surface area contributed by atoms with Crippen molar-refractivity contribution < 1.29 is 9.53 Å². The molecule has 0 saturated heterocycles. The summed E-state index contributed by atoms with van der Waals surface area (Å²) in [4.78, 5) is 11.8. The molecule has 0 radical (unpaired) electrons. The molecule has 1 aliphatic carbocycles. The number of ether oxygens (including phenoxy) is 1. The van der Waals surface area contributed by atoms with E-state index in [1.54, 1.807) is 7.11 Å². The van der Waals surface area contributed by atoms with Crippen molar-refractivity contribution >= 4 is 11.6 Å². The van der Waals surface area contributed by atoms with Crippen LogP contribution in [-0.4, -0.2) is 25.6 Å². The lowest BCUT2D eigenvalue weighted by Crippen LogP contribution is -2.36. The van der Waals surface area contributed by atoms with Gasteiger partial charge in [0.25, 0.3) is 0 Å². The van der Waals surface area contributed by atoms with Crippen molar-refractivity contribution in [2.75, 3.05) is 19.0 Å². The number of nitrogens with one attached hydrogen (secondary N) is 2. The Morgan fingerprint density at radius 3 is 2.74 bits per heavy atom. The van der Waals surface area contributed by atoms with Crippen molar-refractivity contribution in [1.29, 1.82) is 0 Å². The van der Waals surface area contributed by atoms with E-state index in [9.17, 15) is 4.79 Å². The Hall–Kier alpha value is -1.71. The Kier molecular flexibility index (Phi) is 4.66. The summed E-state index contributed by atoms with van der Waals surface area (Å²) >= 11 is 0. The molecule has 4 heteroatoms. The first kappa shape index (κ1) is 13.7. The van der Waals surface area contributed by atoms with Gasteiger partial charge >= 0.3 is 0 Å². The van der Waals surface area contributed by atoms with Crippen LogP contribution in [0.3, 0.4) is 0 Å². The number of anilines is 1. The third-order valence-electron chi connectivity index (χ3n) is 3.59. The van der Waals surface area contributed by atoms with Crippen LogP contribution in [0.4, 0.5) is 5.69 Å². The Morgan fingerprint density at radius 1 is 1.37 bits per heavy atom. The molecule has 0 spiro atoms. The van der Waals surface area contributed by atoms with Gasteiger partial charge in [0.05, 0.1) is 13.7 Å². The monoisotopic (exact) mass is 262 g/mol. The molecule has 2 N–H and O–H groups in total. The van der Waals surface area contributed by atoms with E-state index in [1.165, 1.54) is 12.8 Å². The SMILES string of the molecule is COc1ccc(NCC(=O)NC2CCCC2)c(C)c1. The Balaban J connectivity index is 1.82. The van der Waals surface area contributed by atoms with Gasteiger partial charge in [0.1, 0.15) is 5.75 Å². The molecule has 1 aromatic carbocycles. The molecule has 0 aromatic heterocycles. The summed E-state index contributed by atoms with van der Waals surface area (Å²) in [6, 6.07) is 6.17. The number of hydrogen-bond donors (Lipinski definition) is 2. The molecule has 1 aliphatic rings. The van der Waals surface area contributed by atoms with Crippen LogP contribution in [0.5, 0.6) is 5.75 Å². The molecule has 2 rings (SSSR count). The fourth-order valence-corrected chi connectivity index (χ4v) is 2.49. The molecule has 4 nitrogen and oxygen atoms in total. The zero-order valence-electron chi connectivity index (χ0n) is 11.7. The van der Waals surface area contributed by atoms with Gasteiger partial charge in [0.2, 0.25) is 5.91 Å². The molecule has 1 saturated carbocycles. The van der Waals surface area contributed by atoms with Crippen LogP contribution in [0.1, 0.15) is 31.2 Å². The minimum Gasteiger partial charge on any atom is -0.497 e. The first-order valence-electron chi connectivity index (χ1n) is 6.87. The van der Waals surface area contributed by atoms with Crippen molar-refractivity contribution in [1.82, 2.24) is 5.32 Å². The van der Waals surface area contributed by atoms with Gasteiger partial charge in [0, 0.05) is 11.7 Å². The van der Waals surface area contributed by atoms with E-state index >= 15 is 0 Å². The van der Waals surface area contributed by atoms with Gasteiger partial charge in [-0.2, -0.15) is 0 Å². The summed E-state index contributed by atoms with van der Waals surface area (Å²) in [5.74, 6) is 0.903. The van der Waals surface area contributed by atoms with Gasteiger partial charge < -0.3 is 15.4 Å². The predicted molar refractivity (Wildman–Crippen MR) is 76.6 cm³/mol. The topological polar surface area (TPSA) is 50.4 Å². The van der Waals surface area contributed by atoms with Crippen molar-refractivity contribution in [3.05, 3.63) is 23.8 Å². The molecule has 0 atom stereocenters. The van der Waals surface area contributed by atoms with Crippen LogP contribution in [-0.2, 0) is 4.79 Å². The van der Waals surface area contributed by atoms with Crippen molar-refractivity contribution in [3.63, 3.8) is 0 Å². The highest BCUT2D eigenvalue weighted by Crippen LogP contribution is 2.21. The molecule has 104 valence electrons. The van der Waals surface area contributed by atoms with Crippen molar-refractivity contribution in [2.24, 2.45) is 0 Å². The molecule has 19 heavy (non-hydrogen) atoms. The van der Waals surface area contributed by atoms with Gasteiger partial charge in [-0.05, 0) is 43.5 Å². The highest BCUT2D eigenvalue weighted by atomic mass is 16.5. The number of benzene rings is 1. The standard InChI is InChI=1S/C15H22N2O2/c1-11-9-13(19-2)7-8-14(11)16-10-15(18)17-12-5-3-4-6-12/h7-9,12,16H,3-6,10H2,1-2H3,(H,17,18). The number of carbonyl (C=O) groups is 1. The Labute approximate surface area is 114 Å². The van der Waals surface area contributed by atoms with Gasteiger partial charge in [0.15, 0.2) is 0 Å². The largest absolute Gasteiger partial charge is 0.497 e. The average Bonchev–Trinajstić information content (AvgIpc) is 2.90. The fraction of sp³-hybridized carbons (Fsp3) is 0.533. The quantitative estimate of drug-likeness (QED) is 0.857. The van der Waals surface area contributed by atoms with E-state index < -0.39 is 0 Å². The number of aryl methyl sites for hydroxylation is 1. The van der Waals surface area contributed by atoms with Gasteiger partial charge in [-0.25, -0.2) is 0 Å². The second kappa shape index (κ2) is 6.45. The van der Waals surface area contributed by atoms with E-state index in [0.29, 0.717) is 12.6 Å². The summed E-state index contributed by atoms with van der Waals surface area (Å²) in [5.41, 5.74) is 2.05. The molecule has 0 heterocycles. The maximum atomic E-state index is 11.8. The van der Waals surface area contributed by atoms with E-state index in [1.807, 2.05) is 25.1 Å². The van der Waals surface area contributed by atoms with Crippen molar-refractivity contribution in [3.8, 4) is 5.75 Å². The molecule has 1 amide bonds. The van der Waals surface area contributed by atoms with E-state index in [2.05, 4.69) is 10.6 Å². The maximum absolute atomic E-state index is 11.8. The second-order valence-corrected chi connectivity index (χ2v) is 5.08. The molecule has 1 aromatic rings. The highest BCUT2D eigenvalue weighted by molar-refractivity contribution is 5.81. The zero-order valence-corrected chi connectivity index (χ0v) is 11.7. The Morgan fingerprint density at radius 2 is 2.11 bits per heavy atom. The molecule has 0 unspecified atom stereocenters. The van der Waals surface area contributed by atoms with E-state index in [-0.39, 0.29) is 5.91 Å². The van der Waals surface area contributed by atoms with Gasteiger partial charge in [-0.1, -0.05) is 12.8 Å². The number of amides is 1. The van der Waals surface area contributed by atoms with Crippen LogP contribution in [0.25, 0.3) is 0 Å². The third kappa shape index (κ3) is 3.88. The summed E-state index contributed by atoms with van der Waals surface area (Å²) in [5, 5.41) is 6.24. The molecule has 0 bridgehead atoms. The smallest absolute Gasteiger partial charge is 0.239 e. The van der Waals surface area contributed by atoms with E-state index in [0.717, 1.165) is 29.8 Å². The first-order valence-corrected chi connectivity index (χ1v) is 6.87. The predicted octanol–water partition coefficient (Wildman–Crippen LogP) is 2.47. The molecular formula is C15H22N2O2. The normalized spacial score (nSPS) is 15.3. The van der Waals surface area contributed by atoms with Crippen LogP contribution < -0.4 is 15.4 Å². The minimum atomic E-state index is 0.0714. The molecular weight excluding hydrogens is 240 g/mol. The lowest BCUT2D eigenvalue weighted by molar-refractivity contribution is -0.120. The minimum absolute atomic E-state index is 0.0714. The summed E-state index contributed by atoms with van der Waals surface area (Å²) < 4.78 is 5.16. The first-order chi connectivity index (χ1) is 9.19. The zero-order chi connectivity index (χ0) is 13.7. The van der Waals surface area contributed by atoms with Crippen LogP contribution in [0.15, 0.2) is 18.2 Å². The fourth-order valence-electron chi connectivity index (χ4n) is 2.49. The third-order valence-corrected chi connectivity index (χ3v) is 3.59. The Bertz CT molecular complexity index is 440.